The summed E-state index contributed by atoms with van der Waals surface area (Å²) in [6, 6.07) is 0.116. The largest absolute Gasteiger partial charge is 0.381 e. The van der Waals surface area contributed by atoms with Crippen molar-refractivity contribution in [3.8, 4) is 0 Å². The van der Waals surface area contributed by atoms with Crippen molar-refractivity contribution in [1.29, 1.82) is 0 Å². The summed E-state index contributed by atoms with van der Waals surface area (Å²) in [6.45, 7) is 4.17. The fourth-order valence-electron chi connectivity index (χ4n) is 2.31. The first-order valence-corrected chi connectivity index (χ1v) is 5.31. The first-order valence-electron chi connectivity index (χ1n) is 4.90. The molecule has 2 N–H and O–H groups in total. The van der Waals surface area contributed by atoms with E-state index in [-0.39, 0.29) is 23.3 Å². The third-order valence-corrected chi connectivity index (χ3v) is 3.73. The maximum atomic E-state index is 11.5. The number of hydrogen-bond acceptors (Lipinski definition) is 3. The van der Waals surface area contributed by atoms with Crippen LogP contribution in [-0.2, 0) is 4.74 Å². The highest BCUT2D eigenvalue weighted by atomic mass is 32.1. The molecule has 0 bridgehead atoms. The lowest BCUT2D eigenvalue weighted by Gasteiger charge is -2.50. The molecule has 5 nitrogen and oxygen atoms in total. The van der Waals surface area contributed by atoms with Crippen molar-refractivity contribution in [3.05, 3.63) is 15.3 Å². The summed E-state index contributed by atoms with van der Waals surface area (Å²) in [4.78, 5) is 11.5. The van der Waals surface area contributed by atoms with Crippen molar-refractivity contribution in [2.45, 2.75) is 32.4 Å². The van der Waals surface area contributed by atoms with E-state index in [1.165, 1.54) is 0 Å². The molecule has 1 heterocycles. The first-order chi connectivity index (χ1) is 6.98. The van der Waals surface area contributed by atoms with Gasteiger partial charge in [0.25, 0.3) is 0 Å². The average molecular weight is 229 g/mol. The lowest BCUT2D eigenvalue weighted by atomic mass is 9.64. The summed E-state index contributed by atoms with van der Waals surface area (Å²) in [6.07, 6.45) is 1.03. The van der Waals surface area contributed by atoms with Crippen LogP contribution in [0.3, 0.4) is 0 Å². The molecule has 0 aromatic carbocycles. The molecule has 0 spiro atoms. The second kappa shape index (κ2) is 3.31. The molecule has 0 saturated heterocycles. The van der Waals surface area contributed by atoms with E-state index in [2.05, 4.69) is 24.0 Å². The molecule has 1 saturated carbocycles. The second-order valence-corrected chi connectivity index (χ2v) is 4.91. The van der Waals surface area contributed by atoms with Gasteiger partial charge < -0.3 is 4.74 Å². The van der Waals surface area contributed by atoms with E-state index in [9.17, 15) is 4.79 Å². The topological polar surface area (TPSA) is 62.8 Å². The first kappa shape index (κ1) is 10.6. The van der Waals surface area contributed by atoms with Gasteiger partial charge in [-0.25, -0.2) is 9.89 Å². The molecule has 0 amide bonds. The number of ether oxygens (including phenoxy) is 1. The Bertz CT molecular complexity index is 443. The van der Waals surface area contributed by atoms with E-state index in [4.69, 9.17) is 17.0 Å². The van der Waals surface area contributed by atoms with Crippen LogP contribution in [0.15, 0.2) is 4.79 Å². The molecule has 1 aliphatic rings. The van der Waals surface area contributed by atoms with Crippen LogP contribution in [0, 0.1) is 10.2 Å². The number of aromatic amines is 2. The number of H-pyrrole nitrogens is 2. The summed E-state index contributed by atoms with van der Waals surface area (Å²) in [5, 5.41) is 5.15. The van der Waals surface area contributed by atoms with Crippen molar-refractivity contribution in [2.75, 3.05) is 7.11 Å². The van der Waals surface area contributed by atoms with Crippen molar-refractivity contribution < 1.29 is 4.74 Å². The molecule has 84 valence electrons. The monoisotopic (exact) mass is 229 g/mol. The normalized spacial score (nSPS) is 28.7. The molecule has 1 aliphatic carbocycles. The van der Waals surface area contributed by atoms with Gasteiger partial charge in [-0.2, -0.15) is 0 Å². The van der Waals surface area contributed by atoms with Crippen molar-refractivity contribution in [1.82, 2.24) is 14.8 Å². The number of methoxy groups -OCH3 is 1. The molecule has 15 heavy (non-hydrogen) atoms. The van der Waals surface area contributed by atoms with Gasteiger partial charge in [0.1, 0.15) is 0 Å². The van der Waals surface area contributed by atoms with Gasteiger partial charge in [-0.1, -0.05) is 13.8 Å². The molecular formula is C9H15N3O2S. The minimum Gasteiger partial charge on any atom is -0.381 e. The Balaban J connectivity index is 2.37. The van der Waals surface area contributed by atoms with Gasteiger partial charge in [0.15, 0.2) is 4.77 Å². The van der Waals surface area contributed by atoms with Crippen LogP contribution in [0.5, 0.6) is 0 Å². The number of aromatic nitrogens is 3. The molecule has 2 unspecified atom stereocenters. The Hall–Kier alpha value is -0.880. The Morgan fingerprint density at radius 2 is 2.20 bits per heavy atom. The molecule has 0 aliphatic heterocycles. The lowest BCUT2D eigenvalue weighted by Crippen LogP contribution is -2.53. The van der Waals surface area contributed by atoms with Gasteiger partial charge >= 0.3 is 5.69 Å². The van der Waals surface area contributed by atoms with E-state index in [1.807, 2.05) is 0 Å². The molecule has 2 atom stereocenters. The highest BCUT2D eigenvalue weighted by Crippen LogP contribution is 2.50. The number of rotatable bonds is 2. The van der Waals surface area contributed by atoms with Crippen LogP contribution in [0.25, 0.3) is 0 Å². The fourth-order valence-corrected chi connectivity index (χ4v) is 2.57. The number of nitrogens with zero attached hydrogens (tertiary/aromatic N) is 1. The van der Waals surface area contributed by atoms with Crippen LogP contribution < -0.4 is 5.69 Å². The second-order valence-electron chi connectivity index (χ2n) is 4.53. The molecule has 1 aromatic heterocycles. The molecule has 0 radical (unpaired) electrons. The summed E-state index contributed by atoms with van der Waals surface area (Å²) >= 11 is 5.06. The summed E-state index contributed by atoms with van der Waals surface area (Å²) in [5.74, 6) is 0. The van der Waals surface area contributed by atoms with Crippen molar-refractivity contribution in [3.63, 3.8) is 0 Å². The van der Waals surface area contributed by atoms with Gasteiger partial charge in [-0.3, -0.25) is 9.67 Å². The van der Waals surface area contributed by atoms with Crippen molar-refractivity contribution in [2.24, 2.45) is 5.41 Å². The van der Waals surface area contributed by atoms with Gasteiger partial charge in [0.05, 0.1) is 12.1 Å². The predicted octanol–water partition coefficient (Wildman–Crippen LogP) is 1.22. The van der Waals surface area contributed by atoms with Gasteiger partial charge in [0.2, 0.25) is 0 Å². The predicted molar refractivity (Wildman–Crippen MR) is 58.5 cm³/mol. The van der Waals surface area contributed by atoms with Gasteiger partial charge in [0, 0.05) is 12.5 Å². The maximum Gasteiger partial charge on any atom is 0.342 e. The molecule has 1 fully saturated rings. The Morgan fingerprint density at radius 3 is 2.60 bits per heavy atom. The molecular weight excluding hydrogens is 214 g/mol. The standard InChI is InChI=1S/C9H15N3O2S/c1-9(2)5(4-6(9)14-3)12-7(13)10-11-8(12)15/h5-6H,4H2,1-3H3,(H,10,13)(H,11,15). The van der Waals surface area contributed by atoms with E-state index in [0.29, 0.717) is 4.77 Å². The SMILES string of the molecule is COC1CC(n2c(=O)[nH][nH]c2=S)C1(C)C. The highest BCUT2D eigenvalue weighted by molar-refractivity contribution is 7.71. The zero-order valence-corrected chi connectivity index (χ0v) is 9.85. The smallest absolute Gasteiger partial charge is 0.342 e. The minimum atomic E-state index is -0.173. The van der Waals surface area contributed by atoms with Crippen LogP contribution in [0.1, 0.15) is 26.3 Å². The third-order valence-electron chi connectivity index (χ3n) is 3.44. The average Bonchev–Trinajstić information content (AvgIpc) is 2.48. The minimum absolute atomic E-state index is 0.0534. The zero-order chi connectivity index (χ0) is 11.2. The molecule has 2 rings (SSSR count). The van der Waals surface area contributed by atoms with Gasteiger partial charge in [-0.05, 0) is 18.6 Å². The van der Waals surface area contributed by atoms with Crippen LogP contribution in [0.2, 0.25) is 0 Å². The Morgan fingerprint density at radius 1 is 1.53 bits per heavy atom. The fraction of sp³-hybridized carbons (Fsp3) is 0.778. The third kappa shape index (κ3) is 1.39. The Labute approximate surface area is 92.4 Å². The lowest BCUT2D eigenvalue weighted by molar-refractivity contribution is -0.114. The number of hydrogen-bond donors (Lipinski definition) is 2. The molecule has 6 heteroatoms. The summed E-state index contributed by atoms with van der Waals surface area (Å²) < 4.78 is 7.39. The van der Waals surface area contributed by atoms with Crippen LogP contribution in [-0.4, -0.2) is 28.0 Å². The Kier molecular flexibility index (Phi) is 2.35. The van der Waals surface area contributed by atoms with E-state index >= 15 is 0 Å². The summed E-state index contributed by atoms with van der Waals surface area (Å²) in [7, 11) is 1.70. The van der Waals surface area contributed by atoms with Crippen LogP contribution >= 0.6 is 12.2 Å². The maximum absolute atomic E-state index is 11.5. The number of nitrogens with one attached hydrogen (secondary N) is 2. The highest BCUT2D eigenvalue weighted by Gasteiger charge is 2.50. The van der Waals surface area contributed by atoms with E-state index in [0.717, 1.165) is 6.42 Å². The van der Waals surface area contributed by atoms with E-state index in [1.54, 1.807) is 11.7 Å². The quantitative estimate of drug-likeness (QED) is 0.749. The van der Waals surface area contributed by atoms with E-state index < -0.39 is 0 Å². The van der Waals surface area contributed by atoms with Gasteiger partial charge in [-0.15, -0.1) is 0 Å². The van der Waals surface area contributed by atoms with Crippen LogP contribution in [0.4, 0.5) is 0 Å². The molecule has 1 aromatic rings. The van der Waals surface area contributed by atoms with Crippen molar-refractivity contribution >= 4 is 12.2 Å². The zero-order valence-electron chi connectivity index (χ0n) is 9.03. The summed E-state index contributed by atoms with van der Waals surface area (Å²) in [5.41, 5.74) is -0.227.